The van der Waals surface area contributed by atoms with E-state index in [-0.39, 0.29) is 24.9 Å². The highest BCUT2D eigenvalue weighted by Gasteiger charge is 2.30. The van der Waals surface area contributed by atoms with Crippen LogP contribution in [0.25, 0.3) is 11.3 Å². The molecule has 2 atom stereocenters. The lowest BCUT2D eigenvalue weighted by Gasteiger charge is -2.26. The van der Waals surface area contributed by atoms with E-state index in [2.05, 4.69) is 20.4 Å². The second kappa shape index (κ2) is 10.7. The van der Waals surface area contributed by atoms with Crippen LogP contribution in [0.3, 0.4) is 0 Å². The van der Waals surface area contributed by atoms with Crippen LogP contribution in [0.4, 0.5) is 14.7 Å². The predicted octanol–water partition coefficient (Wildman–Crippen LogP) is 2.71. The van der Waals surface area contributed by atoms with Gasteiger partial charge < -0.3 is 15.3 Å². The Hall–Kier alpha value is -4.19. The molecule has 10 nitrogen and oxygen atoms in total. The normalized spacial score (nSPS) is 19.0. The average molecular weight is 524 g/mol. The van der Waals surface area contributed by atoms with Gasteiger partial charge in [-0.15, -0.1) is 0 Å². The zero-order chi connectivity index (χ0) is 26.8. The van der Waals surface area contributed by atoms with E-state index in [1.165, 1.54) is 19.2 Å². The number of nitrogens with one attached hydrogen (secondary N) is 1. The molecule has 2 aliphatic heterocycles. The summed E-state index contributed by atoms with van der Waals surface area (Å²) in [6.07, 6.45) is -0.209. The SMILES string of the molecule is COc1cccc(-c2cc(F)ccc2[C@H]2Cc3nc(N)nc(C)c3C(NOC(=O)CN3CC[C@H](F)C3)=N2)n1. The van der Waals surface area contributed by atoms with E-state index in [0.29, 0.717) is 59.0 Å². The minimum Gasteiger partial charge on any atom is -0.481 e. The summed E-state index contributed by atoms with van der Waals surface area (Å²) in [6.45, 7) is 2.38. The highest BCUT2D eigenvalue weighted by atomic mass is 19.1. The number of aliphatic imine (C=N–C) groups is 1. The quantitative estimate of drug-likeness (QED) is 0.485. The lowest BCUT2D eigenvalue weighted by atomic mass is 9.91. The van der Waals surface area contributed by atoms with Gasteiger partial charge in [0.2, 0.25) is 11.8 Å². The molecule has 0 bridgehead atoms. The molecule has 0 spiro atoms. The number of methoxy groups -OCH3 is 1. The van der Waals surface area contributed by atoms with Gasteiger partial charge >= 0.3 is 5.97 Å². The number of benzene rings is 1. The van der Waals surface area contributed by atoms with Crippen LogP contribution in [0, 0.1) is 12.7 Å². The Morgan fingerprint density at radius 1 is 1.24 bits per heavy atom. The topological polar surface area (TPSA) is 128 Å². The summed E-state index contributed by atoms with van der Waals surface area (Å²) in [6, 6.07) is 9.08. The van der Waals surface area contributed by atoms with Crippen molar-refractivity contribution in [1.29, 1.82) is 0 Å². The van der Waals surface area contributed by atoms with E-state index in [0.717, 1.165) is 0 Å². The molecule has 12 heteroatoms. The summed E-state index contributed by atoms with van der Waals surface area (Å²) < 4.78 is 33.1. The number of fused-ring (bicyclic) bond motifs is 1. The monoisotopic (exact) mass is 523 g/mol. The van der Waals surface area contributed by atoms with Crippen molar-refractivity contribution in [2.45, 2.75) is 32.0 Å². The third-order valence-corrected chi connectivity index (χ3v) is 6.50. The molecule has 0 amide bonds. The van der Waals surface area contributed by atoms with Gasteiger partial charge in [-0.3, -0.25) is 9.89 Å². The molecule has 1 aromatic carbocycles. The number of hydroxylamine groups is 1. The summed E-state index contributed by atoms with van der Waals surface area (Å²) in [4.78, 5) is 37.4. The number of nitrogens with two attached hydrogens (primary N) is 1. The van der Waals surface area contributed by atoms with Crippen molar-refractivity contribution >= 4 is 17.8 Å². The fraction of sp³-hybridized carbons (Fsp3) is 0.346. The largest absolute Gasteiger partial charge is 0.481 e. The molecule has 2 aliphatic rings. The smallest absolute Gasteiger partial charge is 0.346 e. The van der Waals surface area contributed by atoms with Crippen molar-refractivity contribution in [1.82, 2.24) is 25.3 Å². The van der Waals surface area contributed by atoms with Gasteiger partial charge in [-0.25, -0.2) is 28.5 Å². The summed E-state index contributed by atoms with van der Waals surface area (Å²) in [7, 11) is 1.51. The first-order valence-electron chi connectivity index (χ1n) is 12.1. The Morgan fingerprint density at radius 3 is 2.84 bits per heavy atom. The number of nitrogens with zero attached hydrogens (tertiary/aromatic N) is 5. The molecular formula is C26H27F2N7O3. The maximum atomic E-state index is 14.4. The first-order valence-corrected chi connectivity index (χ1v) is 12.1. The maximum absolute atomic E-state index is 14.4. The van der Waals surface area contributed by atoms with Crippen LogP contribution in [0.2, 0.25) is 0 Å². The zero-order valence-electron chi connectivity index (χ0n) is 20.9. The Kier molecular flexibility index (Phi) is 7.14. The summed E-state index contributed by atoms with van der Waals surface area (Å²) in [5.41, 5.74) is 12.0. The van der Waals surface area contributed by atoms with Crippen LogP contribution in [0.15, 0.2) is 41.4 Å². The number of rotatable bonds is 5. The van der Waals surface area contributed by atoms with Gasteiger partial charge in [0.05, 0.1) is 42.3 Å². The first-order chi connectivity index (χ1) is 18.3. The Balaban J connectivity index is 1.48. The van der Waals surface area contributed by atoms with Crippen LogP contribution < -0.4 is 16.0 Å². The molecular weight excluding hydrogens is 496 g/mol. The van der Waals surface area contributed by atoms with Gasteiger partial charge in [0.25, 0.3) is 0 Å². The Morgan fingerprint density at radius 2 is 2.08 bits per heavy atom. The predicted molar refractivity (Wildman–Crippen MR) is 136 cm³/mol. The van der Waals surface area contributed by atoms with Crippen LogP contribution >= 0.6 is 0 Å². The van der Waals surface area contributed by atoms with E-state index in [4.69, 9.17) is 20.3 Å². The molecule has 5 rings (SSSR count). The molecule has 3 aromatic rings. The van der Waals surface area contributed by atoms with Crippen molar-refractivity contribution in [3.8, 4) is 17.1 Å². The number of nitrogen functional groups attached to an aromatic ring is 1. The number of hydrogen-bond acceptors (Lipinski definition) is 10. The minimum atomic E-state index is -0.944. The van der Waals surface area contributed by atoms with Gasteiger partial charge in [0.1, 0.15) is 12.0 Å². The van der Waals surface area contributed by atoms with Crippen molar-refractivity contribution in [3.63, 3.8) is 0 Å². The van der Waals surface area contributed by atoms with Gasteiger partial charge in [-0.05, 0) is 37.1 Å². The molecule has 0 aliphatic carbocycles. The number of likely N-dealkylation sites (tertiary alicyclic amines) is 1. The fourth-order valence-electron chi connectivity index (χ4n) is 4.79. The number of aromatic nitrogens is 3. The standard InChI is InChI=1S/C26H27F2N7O3/c1-14-24-21(33-26(29)30-14)11-20(32-25(24)34-38-23(36)13-35-9-8-16(28)12-35)17-7-6-15(27)10-18(17)19-4-3-5-22(31-19)37-2/h3-7,10,16,20H,8-9,11-13H2,1-2H3,(H,32,34)(H2,29,30,33)/t16-,20+/m0/s1. The van der Waals surface area contributed by atoms with Gasteiger partial charge in [0, 0.05) is 31.1 Å². The second-order valence-corrected chi connectivity index (χ2v) is 9.18. The summed E-state index contributed by atoms with van der Waals surface area (Å²) in [5.74, 6) is -0.288. The van der Waals surface area contributed by atoms with Gasteiger partial charge in [-0.2, -0.15) is 5.48 Å². The van der Waals surface area contributed by atoms with Crippen LogP contribution in [0.5, 0.6) is 5.88 Å². The average Bonchev–Trinajstić information content (AvgIpc) is 3.30. The summed E-state index contributed by atoms with van der Waals surface area (Å²) >= 11 is 0. The molecule has 0 saturated carbocycles. The third-order valence-electron chi connectivity index (χ3n) is 6.50. The first kappa shape index (κ1) is 25.5. The van der Waals surface area contributed by atoms with Crippen LogP contribution in [-0.4, -0.2) is 64.6 Å². The number of ether oxygens (including phenoxy) is 1. The van der Waals surface area contributed by atoms with E-state index < -0.39 is 24.0 Å². The van der Waals surface area contributed by atoms with Crippen LogP contribution in [0.1, 0.15) is 35.0 Å². The number of pyridine rings is 1. The van der Waals surface area contributed by atoms with Crippen molar-refractivity contribution in [2.75, 3.05) is 32.5 Å². The lowest BCUT2D eigenvalue weighted by Crippen LogP contribution is -2.37. The number of carbonyl (C=O) groups is 1. The van der Waals surface area contributed by atoms with Gasteiger partial charge in [-0.1, -0.05) is 12.1 Å². The van der Waals surface area contributed by atoms with E-state index in [9.17, 15) is 13.6 Å². The number of aryl methyl sites for hydroxylation is 1. The zero-order valence-corrected chi connectivity index (χ0v) is 20.9. The van der Waals surface area contributed by atoms with Crippen LogP contribution in [-0.2, 0) is 16.1 Å². The molecule has 0 radical (unpaired) electrons. The molecule has 198 valence electrons. The highest BCUT2D eigenvalue weighted by Crippen LogP contribution is 2.36. The lowest BCUT2D eigenvalue weighted by molar-refractivity contribution is -0.148. The highest BCUT2D eigenvalue weighted by molar-refractivity contribution is 6.01. The van der Waals surface area contributed by atoms with E-state index in [1.807, 2.05) is 0 Å². The molecule has 1 fully saturated rings. The number of halogens is 2. The molecule has 38 heavy (non-hydrogen) atoms. The number of alkyl halides is 1. The maximum Gasteiger partial charge on any atom is 0.346 e. The van der Waals surface area contributed by atoms with E-state index >= 15 is 0 Å². The second-order valence-electron chi connectivity index (χ2n) is 9.18. The minimum absolute atomic E-state index is 0.0577. The van der Waals surface area contributed by atoms with E-state index in [1.54, 1.807) is 36.1 Å². The Labute approximate surface area is 217 Å². The summed E-state index contributed by atoms with van der Waals surface area (Å²) in [5, 5.41) is 0. The molecule has 4 heterocycles. The van der Waals surface area contributed by atoms with Crippen molar-refractivity contribution in [2.24, 2.45) is 4.99 Å². The number of amidine groups is 1. The van der Waals surface area contributed by atoms with Crippen molar-refractivity contribution < 1.29 is 23.1 Å². The molecule has 0 unspecified atom stereocenters. The fourth-order valence-corrected chi connectivity index (χ4v) is 4.79. The molecule has 1 saturated heterocycles. The number of carbonyl (C=O) groups excluding carboxylic acids is 1. The number of anilines is 1. The molecule has 3 N–H and O–H groups in total. The van der Waals surface area contributed by atoms with Gasteiger partial charge in [0.15, 0.2) is 5.84 Å². The third kappa shape index (κ3) is 5.40. The molecule has 2 aromatic heterocycles. The number of hydrogen-bond donors (Lipinski definition) is 2. The van der Waals surface area contributed by atoms with Crippen molar-refractivity contribution in [3.05, 3.63) is 64.7 Å². The Bertz CT molecular complexity index is 1400.